The van der Waals surface area contributed by atoms with Gasteiger partial charge in [0.1, 0.15) is 6.04 Å². The van der Waals surface area contributed by atoms with Gasteiger partial charge in [-0.2, -0.15) is 0 Å². The van der Waals surface area contributed by atoms with Crippen molar-refractivity contribution >= 4 is 34.6 Å². The third-order valence-electron chi connectivity index (χ3n) is 4.26. The van der Waals surface area contributed by atoms with E-state index in [1.165, 1.54) is 5.39 Å². The van der Waals surface area contributed by atoms with Gasteiger partial charge in [0.25, 0.3) is 0 Å². The van der Waals surface area contributed by atoms with Crippen LogP contribution in [0.4, 0.5) is 5.69 Å². The Morgan fingerprint density at radius 3 is 2.68 bits per heavy atom. The molecule has 0 saturated carbocycles. The van der Waals surface area contributed by atoms with Crippen LogP contribution in [0, 0.1) is 0 Å². The number of fused-ring (bicyclic) bond motifs is 2. The van der Waals surface area contributed by atoms with Crippen molar-refractivity contribution in [2.75, 3.05) is 0 Å². The van der Waals surface area contributed by atoms with Crippen LogP contribution in [0.15, 0.2) is 41.4 Å². The van der Waals surface area contributed by atoms with E-state index in [1.54, 1.807) is 6.34 Å². The molecule has 1 fully saturated rings. The number of carbonyl (C=O) groups is 2. The van der Waals surface area contributed by atoms with Gasteiger partial charge >= 0.3 is 0 Å². The molecule has 22 heavy (non-hydrogen) atoms. The maximum atomic E-state index is 12.0. The second-order valence-corrected chi connectivity index (χ2v) is 5.71. The van der Waals surface area contributed by atoms with E-state index in [1.807, 2.05) is 17.0 Å². The van der Waals surface area contributed by atoms with E-state index in [9.17, 15) is 9.59 Å². The quantitative estimate of drug-likeness (QED) is 0.819. The summed E-state index contributed by atoms with van der Waals surface area (Å²) in [6, 6.07) is 12.0. The van der Waals surface area contributed by atoms with Gasteiger partial charge < -0.3 is 4.90 Å². The zero-order valence-corrected chi connectivity index (χ0v) is 12.0. The third-order valence-corrected chi connectivity index (χ3v) is 4.26. The molecule has 0 bridgehead atoms. The molecule has 0 aromatic heterocycles. The summed E-state index contributed by atoms with van der Waals surface area (Å²) in [6.45, 7) is 0.635. The average Bonchev–Trinajstić information content (AvgIpc) is 2.52. The Labute approximate surface area is 127 Å². The highest BCUT2D eigenvalue weighted by Crippen LogP contribution is 2.30. The summed E-state index contributed by atoms with van der Waals surface area (Å²) < 4.78 is 0. The van der Waals surface area contributed by atoms with Gasteiger partial charge in [-0.15, -0.1) is 0 Å². The van der Waals surface area contributed by atoms with Crippen LogP contribution >= 0.6 is 0 Å². The summed E-state index contributed by atoms with van der Waals surface area (Å²) >= 11 is 0. The van der Waals surface area contributed by atoms with Gasteiger partial charge in [-0.25, -0.2) is 4.99 Å². The fourth-order valence-corrected chi connectivity index (χ4v) is 3.09. The molecule has 2 heterocycles. The number of rotatable bonds is 1. The molecule has 1 atom stereocenters. The topological polar surface area (TPSA) is 61.8 Å². The van der Waals surface area contributed by atoms with Crippen molar-refractivity contribution in [3.63, 3.8) is 0 Å². The van der Waals surface area contributed by atoms with Crippen LogP contribution in [0.2, 0.25) is 0 Å². The van der Waals surface area contributed by atoms with Crippen molar-refractivity contribution in [3.05, 3.63) is 42.0 Å². The third kappa shape index (κ3) is 2.15. The molecule has 0 aliphatic carbocycles. The Morgan fingerprint density at radius 1 is 1.14 bits per heavy atom. The molecule has 2 aromatic carbocycles. The molecular formula is C17H15N3O2. The van der Waals surface area contributed by atoms with Gasteiger partial charge in [-0.3, -0.25) is 14.9 Å². The minimum atomic E-state index is -0.318. The number of hydrogen-bond donors (Lipinski definition) is 1. The summed E-state index contributed by atoms with van der Waals surface area (Å²) in [6.07, 6.45) is 2.64. The predicted molar refractivity (Wildman–Crippen MR) is 83.8 cm³/mol. The van der Waals surface area contributed by atoms with Crippen molar-refractivity contribution in [2.24, 2.45) is 4.99 Å². The van der Waals surface area contributed by atoms with Crippen LogP contribution in [0.5, 0.6) is 0 Å². The number of carbonyl (C=O) groups excluding carboxylic acids is 2. The Hall–Kier alpha value is -2.69. The van der Waals surface area contributed by atoms with Crippen molar-refractivity contribution in [2.45, 2.75) is 25.4 Å². The predicted octanol–water partition coefficient (Wildman–Crippen LogP) is 2.12. The van der Waals surface area contributed by atoms with Gasteiger partial charge in [0.15, 0.2) is 0 Å². The van der Waals surface area contributed by atoms with Crippen molar-refractivity contribution in [1.82, 2.24) is 10.2 Å². The second-order valence-electron chi connectivity index (χ2n) is 5.71. The maximum Gasteiger partial charge on any atom is 0.249 e. The monoisotopic (exact) mass is 293 g/mol. The van der Waals surface area contributed by atoms with E-state index in [0.717, 1.165) is 16.6 Å². The number of benzene rings is 2. The second kappa shape index (κ2) is 4.94. The van der Waals surface area contributed by atoms with Crippen LogP contribution in [0.25, 0.3) is 10.8 Å². The molecule has 0 radical (unpaired) electrons. The molecule has 1 N–H and O–H groups in total. The highest BCUT2D eigenvalue weighted by Gasteiger charge is 2.31. The number of hydrogen-bond acceptors (Lipinski definition) is 4. The van der Waals surface area contributed by atoms with E-state index in [0.29, 0.717) is 19.4 Å². The van der Waals surface area contributed by atoms with E-state index in [-0.39, 0.29) is 17.9 Å². The summed E-state index contributed by atoms with van der Waals surface area (Å²) in [5.41, 5.74) is 2.05. The summed E-state index contributed by atoms with van der Waals surface area (Å²) in [4.78, 5) is 29.7. The fourth-order valence-electron chi connectivity index (χ4n) is 3.09. The molecule has 2 aromatic rings. The largest absolute Gasteiger partial charge is 0.346 e. The Bertz CT molecular complexity index is 813. The fraction of sp³-hybridized carbons (Fsp3) is 0.235. The van der Waals surface area contributed by atoms with Crippen LogP contribution < -0.4 is 5.32 Å². The van der Waals surface area contributed by atoms with Crippen LogP contribution in [0.1, 0.15) is 18.4 Å². The first kappa shape index (κ1) is 13.0. The first-order chi connectivity index (χ1) is 10.7. The van der Waals surface area contributed by atoms with E-state index >= 15 is 0 Å². The van der Waals surface area contributed by atoms with Crippen molar-refractivity contribution < 1.29 is 9.59 Å². The van der Waals surface area contributed by atoms with Gasteiger partial charge in [0.2, 0.25) is 11.8 Å². The summed E-state index contributed by atoms with van der Waals surface area (Å²) in [7, 11) is 0. The van der Waals surface area contributed by atoms with Gasteiger partial charge in [-0.05, 0) is 34.9 Å². The Balaban J connectivity index is 1.65. The molecule has 2 aliphatic heterocycles. The van der Waals surface area contributed by atoms with Crippen LogP contribution in [0.3, 0.4) is 0 Å². The maximum absolute atomic E-state index is 12.0. The smallest absolute Gasteiger partial charge is 0.249 e. The first-order valence-electron chi connectivity index (χ1n) is 7.36. The lowest BCUT2D eigenvalue weighted by Crippen LogP contribution is -2.52. The standard InChI is InChI=1S/C17H15N3O2/c21-16-6-5-15(17(22)19-16)20-9-13-7-11-3-1-2-4-12(11)8-14(13)18-10-20/h1-4,7-8,10,15H,5-6,9H2,(H,19,21,22). The number of piperidine rings is 1. The lowest BCUT2D eigenvalue weighted by molar-refractivity contribution is -0.136. The van der Waals surface area contributed by atoms with Crippen molar-refractivity contribution in [3.8, 4) is 0 Å². The molecule has 5 nitrogen and oxygen atoms in total. The minimum absolute atomic E-state index is 0.193. The molecule has 0 spiro atoms. The highest BCUT2D eigenvalue weighted by atomic mass is 16.2. The molecule has 2 amide bonds. The van der Waals surface area contributed by atoms with Gasteiger partial charge in [-0.1, -0.05) is 24.3 Å². The molecule has 4 rings (SSSR count). The first-order valence-corrected chi connectivity index (χ1v) is 7.36. The van der Waals surface area contributed by atoms with Crippen LogP contribution in [-0.2, 0) is 16.1 Å². The number of nitrogens with one attached hydrogen (secondary N) is 1. The molecule has 2 aliphatic rings. The number of aliphatic imine (C=N–C) groups is 1. The van der Waals surface area contributed by atoms with Gasteiger partial charge in [0, 0.05) is 13.0 Å². The number of imide groups is 1. The SMILES string of the molecule is O=C1CCC(N2C=Nc3cc4ccccc4cc3C2)C(=O)N1. The molecule has 110 valence electrons. The van der Waals surface area contributed by atoms with E-state index < -0.39 is 0 Å². The van der Waals surface area contributed by atoms with E-state index in [4.69, 9.17) is 0 Å². The van der Waals surface area contributed by atoms with Gasteiger partial charge in [0.05, 0.1) is 12.0 Å². The lowest BCUT2D eigenvalue weighted by atomic mass is 10.0. The Morgan fingerprint density at radius 2 is 1.91 bits per heavy atom. The molecule has 5 heteroatoms. The lowest BCUT2D eigenvalue weighted by Gasteiger charge is -2.33. The molecule has 1 saturated heterocycles. The zero-order chi connectivity index (χ0) is 15.1. The minimum Gasteiger partial charge on any atom is -0.346 e. The number of nitrogens with zero attached hydrogens (tertiary/aromatic N) is 2. The van der Waals surface area contributed by atoms with Crippen LogP contribution in [-0.4, -0.2) is 29.1 Å². The summed E-state index contributed by atoms with van der Waals surface area (Å²) in [5.74, 6) is -0.423. The number of amides is 2. The highest BCUT2D eigenvalue weighted by molar-refractivity contribution is 6.01. The van der Waals surface area contributed by atoms with E-state index in [2.05, 4.69) is 34.6 Å². The molecule has 1 unspecified atom stereocenters. The normalized spacial score (nSPS) is 20.9. The average molecular weight is 293 g/mol. The van der Waals surface area contributed by atoms with Crippen molar-refractivity contribution in [1.29, 1.82) is 0 Å². The summed E-state index contributed by atoms with van der Waals surface area (Å²) in [5, 5.41) is 4.73. The Kier molecular flexibility index (Phi) is 2.92. The molecular weight excluding hydrogens is 278 g/mol. The zero-order valence-electron chi connectivity index (χ0n) is 12.0.